The van der Waals surface area contributed by atoms with Crippen molar-refractivity contribution in [1.82, 2.24) is 4.57 Å². The molecule has 2 rings (SSSR count). The summed E-state index contributed by atoms with van der Waals surface area (Å²) >= 11 is 0. The molecule has 0 radical (unpaired) electrons. The smallest absolute Gasteiger partial charge is 0.292 e. The molecule has 0 amide bonds. The number of hydrogen-bond acceptors (Lipinski definition) is 2. The van der Waals surface area contributed by atoms with Crippen molar-refractivity contribution in [2.24, 2.45) is 0 Å². The molecule has 0 unspecified atom stereocenters. The van der Waals surface area contributed by atoms with Crippen molar-refractivity contribution >= 4 is 0 Å². The largest absolute Gasteiger partial charge is 0.488 e. The Hall–Kier alpha value is -2.03. The van der Waals surface area contributed by atoms with Gasteiger partial charge in [-0.25, -0.2) is 0 Å². The van der Waals surface area contributed by atoms with E-state index in [1.807, 2.05) is 37.4 Å². The lowest BCUT2D eigenvalue weighted by atomic mass is 10.1. The van der Waals surface area contributed by atoms with Gasteiger partial charge in [0.05, 0.1) is 6.61 Å². The first kappa shape index (κ1) is 14.4. The van der Waals surface area contributed by atoms with Gasteiger partial charge in [0.2, 0.25) is 0 Å². The van der Waals surface area contributed by atoms with Crippen molar-refractivity contribution in [3.8, 4) is 5.75 Å². The van der Waals surface area contributed by atoms with E-state index in [1.54, 1.807) is 10.6 Å². The standard InChI is InChI=1S/C17H21NO2/c1-2-14-20-16-11-7-13-18(17(16)19)12-6-10-15-8-4-3-5-9-15/h3-5,7-9,11,13H,2,6,10,12,14H2,1H3. The van der Waals surface area contributed by atoms with Crippen LogP contribution in [0.4, 0.5) is 0 Å². The Morgan fingerprint density at radius 2 is 1.90 bits per heavy atom. The Bertz CT molecular complexity index is 575. The van der Waals surface area contributed by atoms with Crippen LogP contribution < -0.4 is 10.3 Å². The van der Waals surface area contributed by atoms with Crippen LogP contribution >= 0.6 is 0 Å². The highest BCUT2D eigenvalue weighted by atomic mass is 16.5. The second kappa shape index (κ2) is 7.53. The van der Waals surface area contributed by atoms with E-state index < -0.39 is 0 Å². The molecule has 0 saturated heterocycles. The maximum absolute atomic E-state index is 12.2. The molecule has 0 aliphatic carbocycles. The molecule has 3 heteroatoms. The number of pyridine rings is 1. The lowest BCUT2D eigenvalue weighted by Crippen LogP contribution is -2.21. The van der Waals surface area contributed by atoms with Gasteiger partial charge >= 0.3 is 0 Å². The van der Waals surface area contributed by atoms with E-state index in [2.05, 4.69) is 12.1 Å². The lowest BCUT2D eigenvalue weighted by Gasteiger charge is -2.09. The maximum Gasteiger partial charge on any atom is 0.292 e. The number of ether oxygens (including phenoxy) is 1. The van der Waals surface area contributed by atoms with E-state index in [-0.39, 0.29) is 5.56 Å². The lowest BCUT2D eigenvalue weighted by molar-refractivity contribution is 0.310. The van der Waals surface area contributed by atoms with Crippen molar-refractivity contribution in [2.75, 3.05) is 6.61 Å². The van der Waals surface area contributed by atoms with Gasteiger partial charge in [0.1, 0.15) is 0 Å². The number of benzene rings is 1. The second-order valence-electron chi connectivity index (χ2n) is 4.81. The molecule has 0 spiro atoms. The Kier molecular flexibility index (Phi) is 5.42. The number of hydrogen-bond donors (Lipinski definition) is 0. The van der Waals surface area contributed by atoms with Crippen LogP contribution in [0.25, 0.3) is 0 Å². The fraction of sp³-hybridized carbons (Fsp3) is 0.353. The quantitative estimate of drug-likeness (QED) is 0.774. The molecule has 2 aromatic rings. The average Bonchev–Trinajstić information content (AvgIpc) is 2.49. The zero-order valence-electron chi connectivity index (χ0n) is 11.9. The molecule has 1 aromatic heterocycles. The van der Waals surface area contributed by atoms with Crippen molar-refractivity contribution in [1.29, 1.82) is 0 Å². The third-order valence-corrected chi connectivity index (χ3v) is 3.15. The van der Waals surface area contributed by atoms with Crippen LogP contribution in [0.2, 0.25) is 0 Å². The van der Waals surface area contributed by atoms with Crippen molar-refractivity contribution in [3.05, 3.63) is 64.6 Å². The predicted octanol–water partition coefficient (Wildman–Crippen LogP) is 3.27. The Labute approximate surface area is 119 Å². The SMILES string of the molecule is CCCOc1cccn(CCCc2ccccc2)c1=O. The normalized spacial score (nSPS) is 10.4. The molecule has 1 aromatic carbocycles. The van der Waals surface area contributed by atoms with Gasteiger partial charge in [0.25, 0.3) is 5.56 Å². The highest BCUT2D eigenvalue weighted by Crippen LogP contribution is 2.06. The first-order valence-corrected chi connectivity index (χ1v) is 7.17. The van der Waals surface area contributed by atoms with E-state index >= 15 is 0 Å². The highest BCUT2D eigenvalue weighted by Gasteiger charge is 2.03. The summed E-state index contributed by atoms with van der Waals surface area (Å²) in [4.78, 5) is 12.2. The summed E-state index contributed by atoms with van der Waals surface area (Å²) in [6, 6.07) is 13.9. The monoisotopic (exact) mass is 271 g/mol. The van der Waals surface area contributed by atoms with Gasteiger partial charge in [-0.05, 0) is 37.0 Å². The van der Waals surface area contributed by atoms with E-state index in [9.17, 15) is 4.79 Å². The van der Waals surface area contributed by atoms with E-state index in [0.29, 0.717) is 12.4 Å². The fourth-order valence-corrected chi connectivity index (χ4v) is 2.11. The van der Waals surface area contributed by atoms with Gasteiger partial charge in [-0.1, -0.05) is 37.3 Å². The molecule has 106 valence electrons. The number of nitrogens with zero attached hydrogens (tertiary/aromatic N) is 1. The van der Waals surface area contributed by atoms with E-state index in [4.69, 9.17) is 4.74 Å². The summed E-state index contributed by atoms with van der Waals surface area (Å²) in [5, 5.41) is 0. The third kappa shape index (κ3) is 3.98. The minimum Gasteiger partial charge on any atom is -0.488 e. The van der Waals surface area contributed by atoms with Crippen LogP contribution in [0.1, 0.15) is 25.3 Å². The Balaban J connectivity index is 1.94. The van der Waals surface area contributed by atoms with E-state index in [0.717, 1.165) is 25.8 Å². The summed E-state index contributed by atoms with van der Waals surface area (Å²) in [6.45, 7) is 3.33. The second-order valence-corrected chi connectivity index (χ2v) is 4.81. The van der Waals surface area contributed by atoms with Gasteiger partial charge in [-0.2, -0.15) is 0 Å². The minimum absolute atomic E-state index is 0.0333. The average molecular weight is 271 g/mol. The number of aromatic nitrogens is 1. The van der Waals surface area contributed by atoms with Crippen LogP contribution in [0.3, 0.4) is 0 Å². The summed E-state index contributed by atoms with van der Waals surface area (Å²) in [7, 11) is 0. The zero-order chi connectivity index (χ0) is 14.2. The summed E-state index contributed by atoms with van der Waals surface area (Å²) in [5.41, 5.74) is 1.27. The van der Waals surface area contributed by atoms with Crippen LogP contribution in [0, 0.1) is 0 Å². The summed E-state index contributed by atoms with van der Waals surface area (Å²) in [5.74, 6) is 0.453. The molecule has 20 heavy (non-hydrogen) atoms. The maximum atomic E-state index is 12.2. The molecule has 1 heterocycles. The first-order chi connectivity index (χ1) is 9.81. The highest BCUT2D eigenvalue weighted by molar-refractivity contribution is 5.17. The summed E-state index contributed by atoms with van der Waals surface area (Å²) in [6.07, 6.45) is 4.66. The van der Waals surface area contributed by atoms with Crippen LogP contribution in [0.5, 0.6) is 5.75 Å². The molecule has 3 nitrogen and oxygen atoms in total. The molecule has 0 atom stereocenters. The Morgan fingerprint density at radius 1 is 1.10 bits per heavy atom. The minimum atomic E-state index is -0.0333. The van der Waals surface area contributed by atoms with Gasteiger partial charge < -0.3 is 9.30 Å². The summed E-state index contributed by atoms with van der Waals surface area (Å²) < 4.78 is 7.19. The Morgan fingerprint density at radius 3 is 2.65 bits per heavy atom. The first-order valence-electron chi connectivity index (χ1n) is 7.17. The molecule has 0 N–H and O–H groups in total. The van der Waals surface area contributed by atoms with E-state index in [1.165, 1.54) is 5.56 Å². The number of rotatable bonds is 7. The van der Waals surface area contributed by atoms with Gasteiger partial charge in [-0.3, -0.25) is 4.79 Å². The van der Waals surface area contributed by atoms with Crippen molar-refractivity contribution < 1.29 is 4.74 Å². The number of aryl methyl sites for hydroxylation is 2. The molecule has 0 bridgehead atoms. The molecule has 0 aliphatic heterocycles. The van der Waals surface area contributed by atoms with Gasteiger partial charge in [0.15, 0.2) is 5.75 Å². The van der Waals surface area contributed by atoms with Crippen LogP contribution in [0.15, 0.2) is 53.5 Å². The third-order valence-electron chi connectivity index (χ3n) is 3.15. The van der Waals surface area contributed by atoms with Crippen molar-refractivity contribution in [3.63, 3.8) is 0 Å². The molecular formula is C17H21NO2. The van der Waals surface area contributed by atoms with Gasteiger partial charge in [-0.15, -0.1) is 0 Å². The molecule has 0 saturated carbocycles. The van der Waals surface area contributed by atoms with Crippen LogP contribution in [-0.4, -0.2) is 11.2 Å². The van der Waals surface area contributed by atoms with Gasteiger partial charge in [0, 0.05) is 12.7 Å². The molecule has 0 aliphatic rings. The van der Waals surface area contributed by atoms with Crippen molar-refractivity contribution in [2.45, 2.75) is 32.7 Å². The molecule has 0 fully saturated rings. The van der Waals surface area contributed by atoms with Crippen LogP contribution in [-0.2, 0) is 13.0 Å². The zero-order valence-corrected chi connectivity index (χ0v) is 11.9. The predicted molar refractivity (Wildman–Crippen MR) is 81.3 cm³/mol. The topological polar surface area (TPSA) is 31.2 Å². The fourth-order valence-electron chi connectivity index (χ4n) is 2.11. The molecular weight excluding hydrogens is 250 g/mol.